The summed E-state index contributed by atoms with van der Waals surface area (Å²) in [5, 5.41) is 10.8. The molecule has 0 saturated carbocycles. The van der Waals surface area contributed by atoms with Gasteiger partial charge in [0.05, 0.1) is 17.4 Å². The zero-order valence-corrected chi connectivity index (χ0v) is 20.0. The summed E-state index contributed by atoms with van der Waals surface area (Å²) in [5.74, 6) is -0.414. The third kappa shape index (κ3) is 5.16. The number of fused-ring (bicyclic) bond motifs is 3. The molecular weight excluding hydrogens is 430 g/mol. The van der Waals surface area contributed by atoms with Gasteiger partial charge in [0.25, 0.3) is 0 Å². The SMILES string of the molecule is CC(=O)CC[C@@H]1C(=O)c2c(O)cc(OC(C)CCCc3ccccc3)cc2N2C(=O)CCC[C@@H]12. The maximum Gasteiger partial charge on any atom is 0.227 e. The largest absolute Gasteiger partial charge is 0.507 e. The number of ether oxygens (including phenoxy) is 1. The molecule has 2 aliphatic heterocycles. The van der Waals surface area contributed by atoms with E-state index in [0.29, 0.717) is 30.7 Å². The molecule has 0 aromatic heterocycles. The number of ketones is 2. The highest BCUT2D eigenvalue weighted by atomic mass is 16.5. The summed E-state index contributed by atoms with van der Waals surface area (Å²) >= 11 is 0. The number of carbonyl (C=O) groups excluding carboxylic acids is 3. The molecular formula is C28H33NO5. The monoisotopic (exact) mass is 463 g/mol. The highest BCUT2D eigenvalue weighted by Crippen LogP contribution is 2.45. The second-order valence-electron chi connectivity index (χ2n) is 9.58. The lowest BCUT2D eigenvalue weighted by atomic mass is 9.77. The number of rotatable bonds is 9. The summed E-state index contributed by atoms with van der Waals surface area (Å²) in [4.78, 5) is 39.6. The van der Waals surface area contributed by atoms with Crippen LogP contribution in [0.1, 0.15) is 74.7 Å². The van der Waals surface area contributed by atoms with Crippen molar-refractivity contribution >= 4 is 23.2 Å². The molecule has 1 N–H and O–H groups in total. The van der Waals surface area contributed by atoms with Gasteiger partial charge in [0, 0.05) is 36.9 Å². The quantitative estimate of drug-likeness (QED) is 0.549. The number of Topliss-reactive ketones (excluding diaryl/α,β-unsaturated/α-hetero) is 2. The predicted molar refractivity (Wildman–Crippen MR) is 130 cm³/mol. The Kier molecular flexibility index (Phi) is 7.35. The van der Waals surface area contributed by atoms with Gasteiger partial charge in [-0.05, 0) is 57.9 Å². The summed E-state index contributed by atoms with van der Waals surface area (Å²) in [6.07, 6.45) is 5.19. The molecule has 1 unspecified atom stereocenters. The summed E-state index contributed by atoms with van der Waals surface area (Å²) in [6.45, 7) is 3.49. The van der Waals surface area contributed by atoms with Crippen molar-refractivity contribution < 1.29 is 24.2 Å². The first-order chi connectivity index (χ1) is 16.3. The van der Waals surface area contributed by atoms with Crippen LogP contribution in [0, 0.1) is 5.92 Å². The van der Waals surface area contributed by atoms with Crippen molar-refractivity contribution in [1.82, 2.24) is 0 Å². The van der Waals surface area contributed by atoms with E-state index in [4.69, 9.17) is 4.74 Å². The van der Waals surface area contributed by atoms with Crippen molar-refractivity contribution in [2.45, 2.75) is 77.4 Å². The molecule has 2 heterocycles. The van der Waals surface area contributed by atoms with Crippen LogP contribution < -0.4 is 9.64 Å². The van der Waals surface area contributed by atoms with Crippen LogP contribution in [0.4, 0.5) is 5.69 Å². The third-order valence-corrected chi connectivity index (χ3v) is 6.93. The third-order valence-electron chi connectivity index (χ3n) is 6.93. The van der Waals surface area contributed by atoms with Gasteiger partial charge in [-0.15, -0.1) is 0 Å². The normalized spacial score (nSPS) is 20.5. The number of aromatic hydroxyl groups is 1. The van der Waals surface area contributed by atoms with Crippen LogP contribution in [0.15, 0.2) is 42.5 Å². The van der Waals surface area contributed by atoms with Gasteiger partial charge < -0.3 is 19.5 Å². The number of piperidine rings is 1. The molecule has 1 amide bonds. The number of hydrogen-bond donors (Lipinski definition) is 1. The zero-order valence-electron chi connectivity index (χ0n) is 20.0. The number of amides is 1. The lowest BCUT2D eigenvalue weighted by Crippen LogP contribution is -2.53. The number of benzene rings is 2. The molecule has 0 bridgehead atoms. The Hall–Kier alpha value is -3.15. The molecule has 2 aliphatic rings. The lowest BCUT2D eigenvalue weighted by molar-refractivity contribution is -0.120. The minimum Gasteiger partial charge on any atom is -0.507 e. The number of carbonyl (C=O) groups is 3. The average molecular weight is 464 g/mol. The fraction of sp³-hybridized carbons (Fsp3) is 0.464. The van der Waals surface area contributed by atoms with E-state index in [1.54, 1.807) is 11.0 Å². The van der Waals surface area contributed by atoms with Gasteiger partial charge >= 0.3 is 0 Å². The van der Waals surface area contributed by atoms with E-state index in [1.165, 1.54) is 18.6 Å². The number of phenols is 1. The van der Waals surface area contributed by atoms with Crippen LogP contribution in [0.5, 0.6) is 11.5 Å². The van der Waals surface area contributed by atoms with Gasteiger partial charge in [0.2, 0.25) is 5.91 Å². The summed E-state index contributed by atoms with van der Waals surface area (Å²) in [5.41, 5.74) is 1.89. The predicted octanol–water partition coefficient (Wildman–Crippen LogP) is 5.25. The first kappa shape index (κ1) is 24.0. The van der Waals surface area contributed by atoms with Crippen molar-refractivity contribution in [3.63, 3.8) is 0 Å². The van der Waals surface area contributed by atoms with Crippen LogP contribution in [-0.4, -0.2) is 34.7 Å². The van der Waals surface area contributed by atoms with Gasteiger partial charge in [0.15, 0.2) is 5.78 Å². The maximum absolute atomic E-state index is 13.4. The minimum absolute atomic E-state index is 0.0153. The molecule has 6 nitrogen and oxygen atoms in total. The van der Waals surface area contributed by atoms with Crippen LogP contribution >= 0.6 is 0 Å². The molecule has 0 radical (unpaired) electrons. The number of nitrogens with zero attached hydrogens (tertiary/aromatic N) is 1. The van der Waals surface area contributed by atoms with Gasteiger partial charge in [-0.3, -0.25) is 9.59 Å². The number of aryl methyl sites for hydroxylation is 1. The first-order valence-electron chi connectivity index (χ1n) is 12.3. The van der Waals surface area contributed by atoms with Gasteiger partial charge in [-0.1, -0.05) is 30.3 Å². The molecule has 1 fully saturated rings. The van der Waals surface area contributed by atoms with E-state index >= 15 is 0 Å². The average Bonchev–Trinajstić information content (AvgIpc) is 2.79. The van der Waals surface area contributed by atoms with Crippen molar-refractivity contribution in [2.24, 2.45) is 5.92 Å². The maximum atomic E-state index is 13.4. The molecule has 2 aromatic rings. The van der Waals surface area contributed by atoms with Crippen LogP contribution in [0.3, 0.4) is 0 Å². The Morgan fingerprint density at radius 3 is 2.71 bits per heavy atom. The van der Waals surface area contributed by atoms with Crippen LogP contribution in [-0.2, 0) is 16.0 Å². The molecule has 6 heteroatoms. The van der Waals surface area contributed by atoms with Crippen LogP contribution in [0.2, 0.25) is 0 Å². The standard InChI is InChI=1S/C28H33NO5/c1-18(30)14-15-22-23-12-7-13-26(32)29(23)24-16-21(17-25(31)27(24)28(22)33)34-19(2)8-6-11-20-9-4-3-5-10-20/h3-5,9-10,16-17,19,22-23,31H,6-8,11-15H2,1-2H3/t19?,22-,23-/m0/s1. The number of hydrogen-bond acceptors (Lipinski definition) is 5. The molecule has 180 valence electrons. The fourth-order valence-corrected chi connectivity index (χ4v) is 5.26. The van der Waals surface area contributed by atoms with E-state index < -0.39 is 5.92 Å². The summed E-state index contributed by atoms with van der Waals surface area (Å²) < 4.78 is 6.10. The first-order valence-corrected chi connectivity index (χ1v) is 12.3. The molecule has 2 aromatic carbocycles. The Morgan fingerprint density at radius 1 is 1.21 bits per heavy atom. The molecule has 3 atom stereocenters. The van der Waals surface area contributed by atoms with Crippen molar-refractivity contribution in [1.29, 1.82) is 0 Å². The van der Waals surface area contributed by atoms with E-state index in [0.717, 1.165) is 25.7 Å². The summed E-state index contributed by atoms with van der Waals surface area (Å²) in [7, 11) is 0. The molecule has 0 aliphatic carbocycles. The molecule has 34 heavy (non-hydrogen) atoms. The number of phenolic OH excluding ortho intramolecular Hbond substituents is 1. The van der Waals surface area contributed by atoms with Crippen molar-refractivity contribution in [2.75, 3.05) is 4.90 Å². The van der Waals surface area contributed by atoms with E-state index in [-0.39, 0.29) is 47.4 Å². The topological polar surface area (TPSA) is 83.9 Å². The second-order valence-corrected chi connectivity index (χ2v) is 9.58. The van der Waals surface area contributed by atoms with E-state index in [2.05, 4.69) is 12.1 Å². The Balaban J connectivity index is 1.53. The highest BCUT2D eigenvalue weighted by Gasteiger charge is 2.45. The van der Waals surface area contributed by atoms with Crippen LogP contribution in [0.25, 0.3) is 0 Å². The summed E-state index contributed by atoms with van der Waals surface area (Å²) in [6, 6.07) is 13.2. The van der Waals surface area contributed by atoms with Crippen molar-refractivity contribution in [3.05, 3.63) is 53.6 Å². The molecule has 4 rings (SSSR count). The van der Waals surface area contributed by atoms with E-state index in [9.17, 15) is 19.5 Å². The Labute approximate surface area is 200 Å². The smallest absolute Gasteiger partial charge is 0.227 e. The van der Waals surface area contributed by atoms with Gasteiger partial charge in [0.1, 0.15) is 17.3 Å². The number of anilines is 1. The molecule has 0 spiro atoms. The Morgan fingerprint density at radius 2 is 1.97 bits per heavy atom. The molecule has 1 saturated heterocycles. The van der Waals surface area contributed by atoms with Gasteiger partial charge in [-0.25, -0.2) is 0 Å². The highest BCUT2D eigenvalue weighted by molar-refractivity contribution is 6.13. The zero-order chi connectivity index (χ0) is 24.2. The fourth-order valence-electron chi connectivity index (χ4n) is 5.26. The Bertz CT molecular complexity index is 1060. The van der Waals surface area contributed by atoms with Crippen molar-refractivity contribution in [3.8, 4) is 11.5 Å². The van der Waals surface area contributed by atoms with E-state index in [1.807, 2.05) is 25.1 Å². The lowest BCUT2D eigenvalue weighted by Gasteiger charge is -2.44. The second kappa shape index (κ2) is 10.4. The van der Waals surface area contributed by atoms with Gasteiger partial charge in [-0.2, -0.15) is 0 Å². The minimum atomic E-state index is -0.477.